The second-order valence-corrected chi connectivity index (χ2v) is 3.53. The molecule has 0 N–H and O–H groups in total. The first kappa shape index (κ1) is 9.66. The molecular formula is C11H12N4. The molecule has 0 aliphatic heterocycles. The van der Waals surface area contributed by atoms with E-state index >= 15 is 0 Å². The van der Waals surface area contributed by atoms with Crippen molar-refractivity contribution < 1.29 is 0 Å². The van der Waals surface area contributed by atoms with E-state index in [2.05, 4.69) is 21.4 Å². The van der Waals surface area contributed by atoms with Crippen molar-refractivity contribution in [2.24, 2.45) is 0 Å². The van der Waals surface area contributed by atoms with Gasteiger partial charge in [0.25, 0.3) is 0 Å². The summed E-state index contributed by atoms with van der Waals surface area (Å²) in [5, 5.41) is 8.75. The van der Waals surface area contributed by atoms with E-state index in [9.17, 15) is 0 Å². The lowest BCUT2D eigenvalue weighted by Crippen LogP contribution is -2.27. The number of aromatic nitrogens is 2. The molecule has 2 rings (SSSR count). The SMILES string of the molecule is C=CCN(c1nccc(C#N)n1)C1CC1. The minimum absolute atomic E-state index is 0.412. The second-order valence-electron chi connectivity index (χ2n) is 3.53. The molecule has 1 aliphatic carbocycles. The summed E-state index contributed by atoms with van der Waals surface area (Å²) >= 11 is 0. The molecule has 4 heteroatoms. The van der Waals surface area contributed by atoms with Gasteiger partial charge in [-0.2, -0.15) is 5.26 Å². The van der Waals surface area contributed by atoms with Crippen LogP contribution in [0, 0.1) is 11.3 Å². The number of rotatable bonds is 4. The van der Waals surface area contributed by atoms with Crippen LogP contribution < -0.4 is 4.90 Å². The molecule has 1 aliphatic rings. The highest BCUT2D eigenvalue weighted by atomic mass is 15.3. The van der Waals surface area contributed by atoms with E-state index in [1.165, 1.54) is 12.8 Å². The van der Waals surface area contributed by atoms with Crippen LogP contribution in [0.5, 0.6) is 0 Å². The molecule has 0 amide bonds. The van der Waals surface area contributed by atoms with E-state index in [0.29, 0.717) is 17.7 Å². The van der Waals surface area contributed by atoms with Crippen LogP contribution in [-0.4, -0.2) is 22.6 Å². The fraction of sp³-hybridized carbons (Fsp3) is 0.364. The maximum absolute atomic E-state index is 8.75. The normalized spacial score (nSPS) is 14.3. The van der Waals surface area contributed by atoms with E-state index in [4.69, 9.17) is 5.26 Å². The molecule has 1 heterocycles. The van der Waals surface area contributed by atoms with Crippen molar-refractivity contribution in [3.05, 3.63) is 30.6 Å². The lowest BCUT2D eigenvalue weighted by molar-refractivity contribution is 0.814. The smallest absolute Gasteiger partial charge is 0.227 e. The topological polar surface area (TPSA) is 52.8 Å². The summed E-state index contributed by atoms with van der Waals surface area (Å²) in [7, 11) is 0. The molecular weight excluding hydrogens is 188 g/mol. The zero-order valence-corrected chi connectivity index (χ0v) is 8.43. The number of nitriles is 1. The number of hydrogen-bond acceptors (Lipinski definition) is 4. The Bertz CT molecular complexity index is 403. The van der Waals surface area contributed by atoms with Crippen LogP contribution in [0.25, 0.3) is 0 Å². The van der Waals surface area contributed by atoms with Gasteiger partial charge in [0.05, 0.1) is 0 Å². The van der Waals surface area contributed by atoms with Gasteiger partial charge in [-0.05, 0) is 18.9 Å². The lowest BCUT2D eigenvalue weighted by atomic mass is 10.4. The highest BCUT2D eigenvalue weighted by Gasteiger charge is 2.29. The highest BCUT2D eigenvalue weighted by molar-refractivity contribution is 5.37. The summed E-state index contributed by atoms with van der Waals surface area (Å²) in [4.78, 5) is 10.5. The summed E-state index contributed by atoms with van der Waals surface area (Å²) in [5.74, 6) is 0.636. The van der Waals surface area contributed by atoms with Crippen LogP contribution >= 0.6 is 0 Å². The molecule has 0 atom stereocenters. The van der Waals surface area contributed by atoms with Crippen molar-refractivity contribution in [3.63, 3.8) is 0 Å². The quantitative estimate of drug-likeness (QED) is 0.691. The minimum Gasteiger partial charge on any atom is -0.334 e. The Kier molecular flexibility index (Phi) is 2.64. The summed E-state index contributed by atoms with van der Waals surface area (Å²) in [6.07, 6.45) is 5.81. The lowest BCUT2D eigenvalue weighted by Gasteiger charge is -2.19. The van der Waals surface area contributed by atoms with Crippen molar-refractivity contribution in [1.29, 1.82) is 5.26 Å². The summed E-state index contributed by atoms with van der Waals surface area (Å²) < 4.78 is 0. The summed E-state index contributed by atoms with van der Waals surface area (Å²) in [6.45, 7) is 4.45. The largest absolute Gasteiger partial charge is 0.334 e. The molecule has 1 aromatic rings. The van der Waals surface area contributed by atoms with Gasteiger partial charge in [-0.1, -0.05) is 6.08 Å². The first-order valence-electron chi connectivity index (χ1n) is 4.96. The summed E-state index contributed by atoms with van der Waals surface area (Å²) in [5.41, 5.74) is 0.412. The fourth-order valence-corrected chi connectivity index (χ4v) is 1.47. The number of hydrogen-bond donors (Lipinski definition) is 0. The van der Waals surface area contributed by atoms with Gasteiger partial charge in [-0.15, -0.1) is 6.58 Å². The molecule has 0 aromatic carbocycles. The molecule has 4 nitrogen and oxygen atoms in total. The van der Waals surface area contributed by atoms with E-state index in [-0.39, 0.29) is 0 Å². The average Bonchev–Trinajstić information content (AvgIpc) is 3.10. The van der Waals surface area contributed by atoms with Gasteiger partial charge in [0, 0.05) is 18.8 Å². The molecule has 1 aromatic heterocycles. The van der Waals surface area contributed by atoms with Crippen molar-refractivity contribution in [2.75, 3.05) is 11.4 Å². The van der Waals surface area contributed by atoms with Crippen molar-refractivity contribution in [2.45, 2.75) is 18.9 Å². The van der Waals surface area contributed by atoms with Crippen molar-refractivity contribution >= 4 is 5.95 Å². The van der Waals surface area contributed by atoms with Crippen molar-refractivity contribution in [3.8, 4) is 6.07 Å². The van der Waals surface area contributed by atoms with Gasteiger partial charge in [0.15, 0.2) is 0 Å². The highest BCUT2D eigenvalue weighted by Crippen LogP contribution is 2.29. The van der Waals surface area contributed by atoms with Gasteiger partial charge in [-0.3, -0.25) is 0 Å². The molecule has 0 saturated heterocycles. The monoisotopic (exact) mass is 200 g/mol. The fourth-order valence-electron chi connectivity index (χ4n) is 1.47. The second kappa shape index (κ2) is 4.09. The molecule has 15 heavy (non-hydrogen) atoms. The van der Waals surface area contributed by atoms with Crippen LogP contribution in [0.4, 0.5) is 5.95 Å². The standard InChI is InChI=1S/C11H12N4/c1-2-7-15(10-3-4-10)11-13-6-5-9(8-12)14-11/h2,5-6,10H,1,3-4,7H2. The Hall–Kier alpha value is -1.89. The van der Waals surface area contributed by atoms with E-state index in [1.807, 2.05) is 12.1 Å². The van der Waals surface area contributed by atoms with Gasteiger partial charge >= 0.3 is 0 Å². The molecule has 76 valence electrons. The Morgan fingerprint density at radius 3 is 3.07 bits per heavy atom. The van der Waals surface area contributed by atoms with Crippen molar-refractivity contribution in [1.82, 2.24) is 9.97 Å². The van der Waals surface area contributed by atoms with E-state index in [1.54, 1.807) is 12.3 Å². The number of anilines is 1. The van der Waals surface area contributed by atoms with Gasteiger partial charge in [0.2, 0.25) is 5.95 Å². The molecule has 0 radical (unpaired) electrons. The minimum atomic E-state index is 0.412. The van der Waals surface area contributed by atoms with Crippen LogP contribution in [-0.2, 0) is 0 Å². The first-order chi connectivity index (χ1) is 7.35. The molecule has 1 fully saturated rings. The van der Waals surface area contributed by atoms with E-state index < -0.39 is 0 Å². The third-order valence-corrected chi connectivity index (χ3v) is 2.33. The zero-order valence-electron chi connectivity index (χ0n) is 8.43. The maximum Gasteiger partial charge on any atom is 0.227 e. The summed E-state index contributed by atoms with van der Waals surface area (Å²) in [6, 6.07) is 4.16. The Morgan fingerprint density at radius 2 is 2.47 bits per heavy atom. The van der Waals surface area contributed by atoms with Gasteiger partial charge in [-0.25, -0.2) is 9.97 Å². The third kappa shape index (κ3) is 2.13. The molecule has 0 bridgehead atoms. The third-order valence-electron chi connectivity index (χ3n) is 2.33. The van der Waals surface area contributed by atoms with Gasteiger partial charge in [0.1, 0.15) is 11.8 Å². The van der Waals surface area contributed by atoms with Crippen LogP contribution in [0.3, 0.4) is 0 Å². The zero-order chi connectivity index (χ0) is 10.7. The predicted octanol–water partition coefficient (Wildman–Crippen LogP) is 1.50. The molecule has 1 saturated carbocycles. The Morgan fingerprint density at radius 1 is 1.67 bits per heavy atom. The van der Waals surface area contributed by atoms with Crippen LogP contribution in [0.15, 0.2) is 24.9 Å². The number of nitrogens with zero attached hydrogens (tertiary/aromatic N) is 4. The van der Waals surface area contributed by atoms with E-state index in [0.717, 1.165) is 6.54 Å². The van der Waals surface area contributed by atoms with Crippen LogP contribution in [0.2, 0.25) is 0 Å². The Balaban J connectivity index is 2.24. The first-order valence-corrected chi connectivity index (χ1v) is 4.96. The Labute approximate surface area is 88.9 Å². The predicted molar refractivity (Wildman–Crippen MR) is 57.3 cm³/mol. The van der Waals surface area contributed by atoms with Gasteiger partial charge < -0.3 is 4.90 Å². The molecule has 0 unspecified atom stereocenters. The average molecular weight is 200 g/mol. The maximum atomic E-state index is 8.75. The van der Waals surface area contributed by atoms with Crippen LogP contribution in [0.1, 0.15) is 18.5 Å². The molecule has 0 spiro atoms.